The molecule has 0 aromatic heterocycles. The Kier molecular flexibility index (Phi) is 11.6. The van der Waals surface area contributed by atoms with Gasteiger partial charge in [-0.15, -0.1) is 0 Å². The standard InChI is InChI=1S/C22H31N2O6PS/c23-21-15-20(11-10-19(21)16-25)28-13-6-9-22(26)24-12-3-1-2-4-14-29-31(27,32)30-17-18-7-5-8-18/h5,7-8,10-11,15-16H,1-4,6,9,12-14,17,23H2,(H,24,26)(H,27,32). The number of rotatable bonds is 17. The minimum absolute atomic E-state index is 0.0118. The number of unbranched alkanes of at least 4 members (excludes halogenated alkanes) is 3. The monoisotopic (exact) mass is 482 g/mol. The Morgan fingerprint density at radius 1 is 1.16 bits per heavy atom. The van der Waals surface area contributed by atoms with Crippen LogP contribution in [0.2, 0.25) is 0 Å². The van der Waals surface area contributed by atoms with Gasteiger partial charge < -0.3 is 29.7 Å². The molecule has 1 aliphatic rings. The van der Waals surface area contributed by atoms with Crippen molar-refractivity contribution in [2.75, 3.05) is 32.1 Å². The van der Waals surface area contributed by atoms with E-state index in [0.717, 1.165) is 31.3 Å². The van der Waals surface area contributed by atoms with Gasteiger partial charge in [0, 0.05) is 30.3 Å². The summed E-state index contributed by atoms with van der Waals surface area (Å²) in [6, 6.07) is 4.89. The SMILES string of the molecule is Nc1cc(OCCCC(=O)NCCCCCCOP(O)(=S)OCC2=CC=C2)ccc1C=O. The summed E-state index contributed by atoms with van der Waals surface area (Å²) in [5.41, 5.74) is 7.52. The second-order valence-electron chi connectivity index (χ2n) is 7.30. The first-order chi connectivity index (χ1) is 15.4. The molecule has 4 N–H and O–H groups in total. The lowest BCUT2D eigenvalue weighted by atomic mass is 10.1. The largest absolute Gasteiger partial charge is 0.494 e. The zero-order valence-electron chi connectivity index (χ0n) is 18.0. The van der Waals surface area contributed by atoms with Crippen molar-refractivity contribution in [2.45, 2.75) is 38.5 Å². The van der Waals surface area contributed by atoms with Gasteiger partial charge in [-0.1, -0.05) is 31.1 Å². The number of benzene rings is 1. The fourth-order valence-corrected chi connectivity index (χ4v) is 3.90. The lowest BCUT2D eigenvalue weighted by molar-refractivity contribution is -0.121. The molecule has 1 atom stereocenters. The molecule has 176 valence electrons. The zero-order chi connectivity index (χ0) is 23.2. The summed E-state index contributed by atoms with van der Waals surface area (Å²) in [5, 5.41) is 2.89. The lowest BCUT2D eigenvalue weighted by Crippen LogP contribution is -2.24. The molecule has 32 heavy (non-hydrogen) atoms. The van der Waals surface area contributed by atoms with E-state index in [4.69, 9.17) is 31.3 Å². The van der Waals surface area contributed by atoms with E-state index in [1.807, 2.05) is 18.2 Å². The zero-order valence-corrected chi connectivity index (χ0v) is 19.7. The number of ether oxygens (including phenoxy) is 1. The maximum atomic E-state index is 11.9. The summed E-state index contributed by atoms with van der Waals surface area (Å²) >= 11 is 4.97. The van der Waals surface area contributed by atoms with Crippen LogP contribution in [-0.4, -0.2) is 43.5 Å². The van der Waals surface area contributed by atoms with E-state index < -0.39 is 6.72 Å². The van der Waals surface area contributed by atoms with E-state index >= 15 is 0 Å². The van der Waals surface area contributed by atoms with Crippen molar-refractivity contribution in [3.05, 3.63) is 47.6 Å². The molecule has 2 rings (SSSR count). The third-order valence-electron chi connectivity index (χ3n) is 4.66. The quantitative estimate of drug-likeness (QED) is 0.133. The Morgan fingerprint density at radius 3 is 2.62 bits per heavy atom. The van der Waals surface area contributed by atoms with Crippen LogP contribution in [0.1, 0.15) is 48.9 Å². The van der Waals surface area contributed by atoms with Crippen LogP contribution in [0.4, 0.5) is 5.69 Å². The smallest absolute Gasteiger partial charge is 0.324 e. The van der Waals surface area contributed by atoms with E-state index in [0.29, 0.717) is 55.9 Å². The van der Waals surface area contributed by atoms with Gasteiger partial charge in [0.1, 0.15) is 5.75 Å². The van der Waals surface area contributed by atoms with Crippen LogP contribution < -0.4 is 15.8 Å². The van der Waals surface area contributed by atoms with E-state index in [9.17, 15) is 14.5 Å². The number of hydrogen-bond donors (Lipinski definition) is 3. The van der Waals surface area contributed by atoms with Crippen LogP contribution in [0.15, 0.2) is 42.0 Å². The van der Waals surface area contributed by atoms with E-state index in [-0.39, 0.29) is 12.5 Å². The van der Waals surface area contributed by atoms with Crippen molar-refractivity contribution in [1.82, 2.24) is 5.32 Å². The maximum absolute atomic E-state index is 11.9. The fourth-order valence-electron chi connectivity index (χ4n) is 2.77. The molecular weight excluding hydrogens is 451 g/mol. The second-order valence-corrected chi connectivity index (χ2v) is 10.1. The van der Waals surface area contributed by atoms with Crippen LogP contribution in [0.3, 0.4) is 0 Å². The third kappa shape index (κ3) is 10.5. The lowest BCUT2D eigenvalue weighted by Gasteiger charge is -2.17. The summed E-state index contributed by atoms with van der Waals surface area (Å²) < 4.78 is 16.1. The number of anilines is 1. The molecule has 10 heteroatoms. The Bertz CT molecular complexity index is 874. The normalized spacial score (nSPS) is 14.2. The number of allylic oxidation sites excluding steroid dienone is 2. The van der Waals surface area contributed by atoms with Crippen LogP contribution in [0.25, 0.3) is 0 Å². The van der Waals surface area contributed by atoms with Crippen LogP contribution >= 0.6 is 6.72 Å². The van der Waals surface area contributed by atoms with Crippen molar-refractivity contribution in [1.29, 1.82) is 0 Å². The molecule has 1 aromatic carbocycles. The number of nitrogens with two attached hydrogens (primary N) is 1. The summed E-state index contributed by atoms with van der Waals surface area (Å²) in [6.07, 6.45) is 10.9. The highest BCUT2D eigenvalue weighted by Gasteiger charge is 2.15. The van der Waals surface area contributed by atoms with Gasteiger partial charge in [0.2, 0.25) is 5.91 Å². The average molecular weight is 483 g/mol. The molecule has 0 saturated carbocycles. The number of aldehydes is 1. The molecule has 1 aromatic rings. The number of amides is 1. The summed E-state index contributed by atoms with van der Waals surface area (Å²) in [6.45, 7) is -1.52. The first kappa shape index (κ1) is 26.2. The van der Waals surface area contributed by atoms with E-state index in [1.54, 1.807) is 18.2 Å². The minimum Gasteiger partial charge on any atom is -0.494 e. The number of carbonyl (C=O) groups is 2. The molecule has 0 heterocycles. The molecule has 0 saturated heterocycles. The first-order valence-corrected chi connectivity index (χ1v) is 13.2. The van der Waals surface area contributed by atoms with Crippen molar-refractivity contribution < 1.29 is 28.3 Å². The average Bonchev–Trinajstić information content (AvgIpc) is 2.72. The highest BCUT2D eigenvalue weighted by Crippen LogP contribution is 2.44. The maximum Gasteiger partial charge on any atom is 0.324 e. The summed E-state index contributed by atoms with van der Waals surface area (Å²) in [7, 11) is 0. The number of hydrogen-bond acceptors (Lipinski definition) is 7. The van der Waals surface area contributed by atoms with Crippen LogP contribution in [-0.2, 0) is 25.6 Å². The molecule has 1 amide bonds. The predicted molar refractivity (Wildman–Crippen MR) is 128 cm³/mol. The van der Waals surface area contributed by atoms with Gasteiger partial charge in [0.15, 0.2) is 6.29 Å². The van der Waals surface area contributed by atoms with Crippen molar-refractivity contribution in [3.63, 3.8) is 0 Å². The van der Waals surface area contributed by atoms with Gasteiger partial charge in [-0.25, -0.2) is 0 Å². The third-order valence-corrected chi connectivity index (χ3v) is 6.26. The van der Waals surface area contributed by atoms with Gasteiger partial charge in [0.05, 0.1) is 19.8 Å². The Hall–Kier alpha value is -2.03. The fraction of sp³-hybridized carbons (Fsp3) is 0.455. The highest BCUT2D eigenvalue weighted by atomic mass is 32.5. The summed E-state index contributed by atoms with van der Waals surface area (Å²) in [5.74, 6) is 0.566. The molecule has 1 unspecified atom stereocenters. The van der Waals surface area contributed by atoms with Crippen LogP contribution in [0, 0.1) is 0 Å². The van der Waals surface area contributed by atoms with Gasteiger partial charge in [-0.3, -0.25) is 9.59 Å². The summed E-state index contributed by atoms with van der Waals surface area (Å²) in [4.78, 5) is 32.5. The van der Waals surface area contributed by atoms with Gasteiger partial charge in [0.25, 0.3) is 0 Å². The molecule has 0 bridgehead atoms. The number of nitrogens with one attached hydrogen (secondary N) is 1. The molecule has 0 fully saturated rings. The highest BCUT2D eigenvalue weighted by molar-refractivity contribution is 8.07. The van der Waals surface area contributed by atoms with Crippen molar-refractivity contribution in [3.8, 4) is 5.75 Å². The molecule has 0 aliphatic heterocycles. The number of carbonyl (C=O) groups excluding carboxylic acids is 2. The minimum atomic E-state index is -3.17. The molecule has 8 nitrogen and oxygen atoms in total. The van der Waals surface area contributed by atoms with Gasteiger partial charge >= 0.3 is 6.72 Å². The first-order valence-electron chi connectivity index (χ1n) is 10.6. The molecule has 0 radical (unpaired) electrons. The topological polar surface area (TPSA) is 120 Å². The number of nitrogen functional groups attached to an aromatic ring is 1. The Morgan fingerprint density at radius 2 is 1.94 bits per heavy atom. The molecular formula is C22H31N2O6PS. The molecule has 1 aliphatic carbocycles. The van der Waals surface area contributed by atoms with Gasteiger partial charge in [-0.05, 0) is 48.8 Å². The predicted octanol–water partition coefficient (Wildman–Crippen LogP) is 3.66. The van der Waals surface area contributed by atoms with Crippen molar-refractivity contribution in [2.24, 2.45) is 0 Å². The van der Waals surface area contributed by atoms with Gasteiger partial charge in [-0.2, -0.15) is 0 Å². The Balaban J connectivity index is 1.41. The second kappa shape index (κ2) is 14.2. The van der Waals surface area contributed by atoms with E-state index in [1.165, 1.54) is 0 Å². The Labute approximate surface area is 194 Å². The van der Waals surface area contributed by atoms with Crippen molar-refractivity contribution >= 4 is 36.4 Å². The molecule has 0 spiro atoms. The van der Waals surface area contributed by atoms with E-state index in [2.05, 4.69) is 5.32 Å². The van der Waals surface area contributed by atoms with Crippen LogP contribution in [0.5, 0.6) is 5.75 Å².